The standard InChI is InChI=1S/C31H24N6O3/c38-31(29(36-21-32-19-34-36)23-11-15-27(16-12-23)39-25-7-3-1-4-8-25)30(37-22-33-20-35-37)24-13-17-28(18-14-24)40-26-9-5-2-6-10-26/h1-22,29-30H. The largest absolute Gasteiger partial charge is 0.457 e. The topological polar surface area (TPSA) is 97.0 Å². The van der Waals surface area contributed by atoms with E-state index in [0.717, 1.165) is 22.6 Å². The molecule has 2 unspecified atom stereocenters. The highest BCUT2D eigenvalue weighted by Gasteiger charge is 2.33. The Morgan fingerprint density at radius 1 is 0.525 bits per heavy atom. The molecular formula is C31H24N6O3. The summed E-state index contributed by atoms with van der Waals surface area (Å²) in [5.41, 5.74) is 1.45. The number of rotatable bonds is 10. The summed E-state index contributed by atoms with van der Waals surface area (Å²) < 4.78 is 15.0. The van der Waals surface area contributed by atoms with Crippen LogP contribution in [0.15, 0.2) is 135 Å². The van der Waals surface area contributed by atoms with Gasteiger partial charge < -0.3 is 9.47 Å². The van der Waals surface area contributed by atoms with Crippen molar-refractivity contribution in [1.82, 2.24) is 29.5 Å². The van der Waals surface area contributed by atoms with Gasteiger partial charge in [-0.2, -0.15) is 10.2 Å². The molecule has 2 heterocycles. The Balaban J connectivity index is 1.31. The molecule has 2 atom stereocenters. The van der Waals surface area contributed by atoms with Crippen LogP contribution in [0.3, 0.4) is 0 Å². The number of hydrogen-bond acceptors (Lipinski definition) is 7. The van der Waals surface area contributed by atoms with Gasteiger partial charge in [-0.15, -0.1) is 0 Å². The van der Waals surface area contributed by atoms with Crippen molar-refractivity contribution in [2.45, 2.75) is 12.1 Å². The van der Waals surface area contributed by atoms with E-state index < -0.39 is 12.1 Å². The average molecular weight is 529 g/mol. The smallest absolute Gasteiger partial charge is 0.190 e. The van der Waals surface area contributed by atoms with Crippen molar-refractivity contribution in [1.29, 1.82) is 0 Å². The molecule has 0 radical (unpaired) electrons. The molecule has 0 aliphatic carbocycles. The molecule has 0 N–H and O–H groups in total. The van der Waals surface area contributed by atoms with Gasteiger partial charge >= 0.3 is 0 Å². The summed E-state index contributed by atoms with van der Waals surface area (Å²) in [4.78, 5) is 22.5. The first kappa shape index (κ1) is 24.7. The lowest BCUT2D eigenvalue weighted by atomic mass is 9.93. The third-order valence-corrected chi connectivity index (χ3v) is 6.29. The van der Waals surface area contributed by atoms with Gasteiger partial charge in [0.2, 0.25) is 0 Å². The number of aromatic nitrogens is 6. The maximum atomic E-state index is 14.4. The normalized spacial score (nSPS) is 12.4. The van der Waals surface area contributed by atoms with E-state index in [1.54, 1.807) is 9.36 Å². The summed E-state index contributed by atoms with van der Waals surface area (Å²) in [5.74, 6) is 2.60. The van der Waals surface area contributed by atoms with Crippen LogP contribution in [0.25, 0.3) is 0 Å². The Morgan fingerprint density at radius 2 is 0.900 bits per heavy atom. The second kappa shape index (κ2) is 11.4. The molecule has 0 aliphatic rings. The van der Waals surface area contributed by atoms with Crippen LogP contribution in [-0.2, 0) is 4.79 Å². The molecule has 0 amide bonds. The maximum Gasteiger partial charge on any atom is 0.190 e. The van der Waals surface area contributed by atoms with Gasteiger partial charge in [-0.25, -0.2) is 19.3 Å². The zero-order valence-corrected chi connectivity index (χ0v) is 21.3. The molecule has 9 nitrogen and oxygen atoms in total. The molecule has 0 fully saturated rings. The number of carbonyl (C=O) groups is 1. The summed E-state index contributed by atoms with van der Waals surface area (Å²) in [6, 6.07) is 32.3. The predicted octanol–water partition coefficient (Wildman–Crippen LogP) is 5.90. The zero-order chi connectivity index (χ0) is 27.1. The van der Waals surface area contributed by atoms with E-state index in [9.17, 15) is 4.79 Å². The van der Waals surface area contributed by atoms with Crippen LogP contribution in [-0.4, -0.2) is 35.3 Å². The Bertz CT molecular complexity index is 1510. The van der Waals surface area contributed by atoms with Crippen LogP contribution < -0.4 is 9.47 Å². The zero-order valence-electron chi connectivity index (χ0n) is 21.3. The second-order valence-corrected chi connectivity index (χ2v) is 8.93. The van der Waals surface area contributed by atoms with Crippen molar-refractivity contribution < 1.29 is 14.3 Å². The number of benzene rings is 4. The molecule has 0 aliphatic heterocycles. The lowest BCUT2D eigenvalue weighted by Crippen LogP contribution is -2.31. The van der Waals surface area contributed by atoms with E-state index in [0.29, 0.717) is 11.5 Å². The van der Waals surface area contributed by atoms with Crippen molar-refractivity contribution in [2.24, 2.45) is 0 Å². The molecule has 6 aromatic rings. The molecule has 0 saturated heterocycles. The molecule has 196 valence electrons. The van der Waals surface area contributed by atoms with Crippen molar-refractivity contribution in [3.63, 3.8) is 0 Å². The monoisotopic (exact) mass is 528 g/mol. The van der Waals surface area contributed by atoms with E-state index in [1.807, 2.05) is 109 Å². The third kappa shape index (κ3) is 5.48. The Hall–Kier alpha value is -5.57. The Labute approximate surface area is 230 Å². The number of hydrogen-bond donors (Lipinski definition) is 0. The fourth-order valence-corrected chi connectivity index (χ4v) is 4.43. The number of ether oxygens (including phenoxy) is 2. The van der Waals surface area contributed by atoms with E-state index in [-0.39, 0.29) is 5.78 Å². The molecule has 0 saturated carbocycles. The Morgan fingerprint density at radius 3 is 1.25 bits per heavy atom. The summed E-state index contributed by atoms with van der Waals surface area (Å²) >= 11 is 0. The predicted molar refractivity (Wildman–Crippen MR) is 147 cm³/mol. The fourth-order valence-electron chi connectivity index (χ4n) is 4.43. The number of carbonyl (C=O) groups excluding carboxylic acids is 1. The molecule has 40 heavy (non-hydrogen) atoms. The van der Waals surface area contributed by atoms with E-state index >= 15 is 0 Å². The SMILES string of the molecule is O=C(C(c1ccc(Oc2ccccc2)cc1)n1cncn1)C(c1ccc(Oc2ccccc2)cc1)n1cncn1. The first-order valence-corrected chi connectivity index (χ1v) is 12.6. The lowest BCUT2D eigenvalue weighted by Gasteiger charge is -2.23. The van der Waals surface area contributed by atoms with Crippen LogP contribution in [0, 0.1) is 0 Å². The lowest BCUT2D eigenvalue weighted by molar-refractivity contribution is -0.123. The highest BCUT2D eigenvalue weighted by Crippen LogP contribution is 2.32. The van der Waals surface area contributed by atoms with Gasteiger partial charge in [0.05, 0.1) is 0 Å². The average Bonchev–Trinajstić information content (AvgIpc) is 3.72. The van der Waals surface area contributed by atoms with Gasteiger partial charge in [0.15, 0.2) is 5.78 Å². The highest BCUT2D eigenvalue weighted by atomic mass is 16.5. The van der Waals surface area contributed by atoms with Crippen LogP contribution in [0.1, 0.15) is 23.2 Å². The minimum Gasteiger partial charge on any atom is -0.457 e. The van der Waals surface area contributed by atoms with E-state index in [4.69, 9.17) is 9.47 Å². The molecule has 9 heteroatoms. The highest BCUT2D eigenvalue weighted by molar-refractivity contribution is 5.91. The number of Topliss-reactive ketones (excluding diaryl/α,β-unsaturated/α-hetero) is 1. The summed E-state index contributed by atoms with van der Waals surface area (Å²) in [6.45, 7) is 0. The fraction of sp³-hybridized carbons (Fsp3) is 0.0645. The van der Waals surface area contributed by atoms with Gasteiger partial charge in [-0.1, -0.05) is 60.7 Å². The summed E-state index contributed by atoms with van der Waals surface area (Å²) in [5, 5.41) is 8.62. The van der Waals surface area contributed by atoms with Gasteiger partial charge in [-0.3, -0.25) is 4.79 Å². The first-order valence-electron chi connectivity index (χ1n) is 12.6. The quantitative estimate of drug-likeness (QED) is 0.218. The molecular weight excluding hydrogens is 504 g/mol. The second-order valence-electron chi connectivity index (χ2n) is 8.93. The van der Waals surface area contributed by atoms with E-state index in [1.165, 1.54) is 25.3 Å². The molecule has 2 aromatic heterocycles. The van der Waals surface area contributed by atoms with Crippen molar-refractivity contribution in [3.8, 4) is 23.0 Å². The number of nitrogens with zero attached hydrogens (tertiary/aromatic N) is 6. The molecule has 0 spiro atoms. The summed E-state index contributed by atoms with van der Waals surface area (Å²) in [6.07, 6.45) is 5.89. The Kier molecular flexibility index (Phi) is 7.08. The number of para-hydroxylation sites is 2. The van der Waals surface area contributed by atoms with Crippen LogP contribution in [0.5, 0.6) is 23.0 Å². The molecule has 6 rings (SSSR count). The molecule has 0 bridgehead atoms. The molecule has 4 aromatic carbocycles. The van der Waals surface area contributed by atoms with Crippen LogP contribution in [0.4, 0.5) is 0 Å². The van der Waals surface area contributed by atoms with E-state index in [2.05, 4.69) is 20.2 Å². The van der Waals surface area contributed by atoms with Crippen LogP contribution in [0.2, 0.25) is 0 Å². The van der Waals surface area contributed by atoms with Crippen molar-refractivity contribution in [2.75, 3.05) is 0 Å². The maximum absolute atomic E-state index is 14.4. The van der Waals surface area contributed by atoms with Crippen molar-refractivity contribution in [3.05, 3.63) is 146 Å². The number of ketones is 1. The van der Waals surface area contributed by atoms with Gasteiger partial charge in [0.1, 0.15) is 60.4 Å². The van der Waals surface area contributed by atoms with Gasteiger partial charge in [-0.05, 0) is 59.7 Å². The minimum absolute atomic E-state index is 0.163. The van der Waals surface area contributed by atoms with Gasteiger partial charge in [0.25, 0.3) is 0 Å². The van der Waals surface area contributed by atoms with Crippen molar-refractivity contribution >= 4 is 5.78 Å². The third-order valence-electron chi connectivity index (χ3n) is 6.29. The summed E-state index contributed by atoms with van der Waals surface area (Å²) in [7, 11) is 0. The first-order chi connectivity index (χ1) is 19.7. The van der Waals surface area contributed by atoms with Gasteiger partial charge in [0, 0.05) is 0 Å². The van der Waals surface area contributed by atoms with Crippen LogP contribution >= 0.6 is 0 Å². The minimum atomic E-state index is -0.775.